The van der Waals surface area contributed by atoms with Crippen molar-refractivity contribution in [2.45, 2.75) is 13.8 Å². The minimum absolute atomic E-state index is 0.206. The number of nitrogens with two attached hydrogens (primary N) is 1. The predicted octanol–water partition coefficient (Wildman–Crippen LogP) is 2.02. The Labute approximate surface area is 120 Å². The predicted molar refractivity (Wildman–Crippen MR) is 82.4 cm³/mol. The molecule has 0 amide bonds. The van der Waals surface area contributed by atoms with Crippen molar-refractivity contribution in [1.29, 1.82) is 0 Å². The van der Waals surface area contributed by atoms with E-state index in [-0.39, 0.29) is 5.92 Å². The van der Waals surface area contributed by atoms with E-state index in [1.165, 1.54) is 0 Å². The Morgan fingerprint density at radius 2 is 1.85 bits per heavy atom. The maximum absolute atomic E-state index is 5.99. The van der Waals surface area contributed by atoms with E-state index >= 15 is 0 Å². The molecule has 0 radical (unpaired) electrons. The summed E-state index contributed by atoms with van der Waals surface area (Å²) in [5, 5.41) is 0. The number of amidine groups is 1. The van der Waals surface area contributed by atoms with Gasteiger partial charge in [0.1, 0.15) is 5.84 Å². The number of rotatable bonds is 2. The van der Waals surface area contributed by atoms with Gasteiger partial charge >= 0.3 is 0 Å². The summed E-state index contributed by atoms with van der Waals surface area (Å²) >= 11 is 0. The highest BCUT2D eigenvalue weighted by molar-refractivity contribution is 5.97. The van der Waals surface area contributed by atoms with E-state index in [1.54, 1.807) is 0 Å². The van der Waals surface area contributed by atoms with Crippen LogP contribution in [0, 0.1) is 5.92 Å². The molecule has 1 saturated heterocycles. The summed E-state index contributed by atoms with van der Waals surface area (Å²) in [5.41, 5.74) is 6.87. The van der Waals surface area contributed by atoms with Crippen LogP contribution in [0.5, 0.6) is 0 Å². The number of morpholine rings is 1. The van der Waals surface area contributed by atoms with Gasteiger partial charge < -0.3 is 15.4 Å². The second kappa shape index (κ2) is 7.05. The lowest BCUT2D eigenvalue weighted by molar-refractivity contribution is 0.0676. The van der Waals surface area contributed by atoms with Gasteiger partial charge in [-0.1, -0.05) is 32.0 Å². The van der Waals surface area contributed by atoms with Gasteiger partial charge in [-0.15, -0.1) is 0 Å². The van der Waals surface area contributed by atoms with E-state index in [2.05, 4.69) is 14.9 Å². The van der Waals surface area contributed by atoms with Crippen LogP contribution in [0.25, 0.3) is 0 Å². The molecule has 5 nitrogen and oxygen atoms in total. The number of nitrogens with zero attached hydrogens (tertiary/aromatic N) is 3. The Morgan fingerprint density at radius 3 is 2.45 bits per heavy atom. The first-order chi connectivity index (χ1) is 9.66. The molecule has 0 bridgehead atoms. The molecule has 0 atom stereocenters. The van der Waals surface area contributed by atoms with Gasteiger partial charge in [0.05, 0.1) is 18.9 Å². The minimum atomic E-state index is 0.206. The van der Waals surface area contributed by atoms with E-state index in [1.807, 2.05) is 44.2 Å². The van der Waals surface area contributed by atoms with Crippen LogP contribution in [-0.4, -0.2) is 43.0 Å². The average molecular weight is 274 g/mol. The number of para-hydroxylation sites is 1. The van der Waals surface area contributed by atoms with Gasteiger partial charge in [0.2, 0.25) is 5.96 Å². The molecule has 0 spiro atoms. The van der Waals surface area contributed by atoms with E-state index < -0.39 is 0 Å². The fraction of sp³-hybridized carbons (Fsp3) is 0.467. The molecular formula is C15H22N4O. The van der Waals surface area contributed by atoms with Crippen molar-refractivity contribution < 1.29 is 4.74 Å². The molecule has 1 heterocycles. The van der Waals surface area contributed by atoms with Gasteiger partial charge in [-0.2, -0.15) is 0 Å². The average Bonchev–Trinajstić information content (AvgIpc) is 2.48. The minimum Gasteiger partial charge on any atom is -0.387 e. The van der Waals surface area contributed by atoms with Crippen molar-refractivity contribution in [2.24, 2.45) is 21.6 Å². The maximum Gasteiger partial charge on any atom is 0.227 e. The Morgan fingerprint density at radius 1 is 1.20 bits per heavy atom. The standard InChI is InChI=1S/C15H22N4O/c1-12(2)14(16)18-15(19-8-10-20-11-9-19)17-13-6-4-3-5-7-13/h3-7,12H,8-11H2,1-2H3,(H2,16,17,18). The zero-order valence-electron chi connectivity index (χ0n) is 12.1. The molecule has 0 saturated carbocycles. The zero-order chi connectivity index (χ0) is 14.4. The summed E-state index contributed by atoms with van der Waals surface area (Å²) < 4.78 is 5.38. The Kier molecular flexibility index (Phi) is 5.12. The summed E-state index contributed by atoms with van der Waals surface area (Å²) in [5.74, 6) is 1.48. The molecule has 2 N–H and O–H groups in total. The topological polar surface area (TPSA) is 63.2 Å². The van der Waals surface area contributed by atoms with Crippen molar-refractivity contribution in [3.05, 3.63) is 30.3 Å². The van der Waals surface area contributed by atoms with Crippen molar-refractivity contribution in [3.8, 4) is 0 Å². The molecule has 5 heteroatoms. The summed E-state index contributed by atoms with van der Waals surface area (Å²) in [6, 6.07) is 9.82. The van der Waals surface area contributed by atoms with Gasteiger partial charge in [0, 0.05) is 19.0 Å². The van der Waals surface area contributed by atoms with Crippen molar-refractivity contribution in [1.82, 2.24) is 4.90 Å². The lowest BCUT2D eigenvalue weighted by Crippen LogP contribution is -2.41. The fourth-order valence-corrected chi connectivity index (χ4v) is 1.79. The van der Waals surface area contributed by atoms with Crippen molar-refractivity contribution >= 4 is 17.5 Å². The van der Waals surface area contributed by atoms with Gasteiger partial charge in [0.15, 0.2) is 0 Å². The molecule has 2 rings (SSSR count). The molecule has 1 aliphatic heterocycles. The largest absolute Gasteiger partial charge is 0.387 e. The van der Waals surface area contributed by atoms with Crippen LogP contribution in [0.4, 0.5) is 5.69 Å². The second-order valence-corrected chi connectivity index (χ2v) is 5.04. The summed E-state index contributed by atoms with van der Waals surface area (Å²) in [6.07, 6.45) is 0. The molecule has 108 valence electrons. The first-order valence-corrected chi connectivity index (χ1v) is 6.97. The highest BCUT2D eigenvalue weighted by Crippen LogP contribution is 2.13. The highest BCUT2D eigenvalue weighted by atomic mass is 16.5. The smallest absolute Gasteiger partial charge is 0.227 e. The molecule has 1 aromatic rings. The number of guanidine groups is 1. The summed E-state index contributed by atoms with van der Waals surface area (Å²) in [7, 11) is 0. The van der Waals surface area contributed by atoms with Crippen LogP contribution in [-0.2, 0) is 4.74 Å². The van der Waals surface area contributed by atoms with Gasteiger partial charge in [-0.3, -0.25) is 0 Å². The van der Waals surface area contributed by atoms with Gasteiger partial charge in [0.25, 0.3) is 0 Å². The lowest BCUT2D eigenvalue weighted by Gasteiger charge is -2.28. The van der Waals surface area contributed by atoms with Crippen LogP contribution in [0.1, 0.15) is 13.8 Å². The van der Waals surface area contributed by atoms with Crippen LogP contribution >= 0.6 is 0 Å². The quantitative estimate of drug-likeness (QED) is 0.663. The molecule has 0 unspecified atom stereocenters. The van der Waals surface area contributed by atoms with Crippen LogP contribution < -0.4 is 5.73 Å². The Balaban J connectivity index is 2.28. The molecule has 1 aromatic carbocycles. The number of ether oxygens (including phenoxy) is 1. The molecule has 1 fully saturated rings. The molecular weight excluding hydrogens is 252 g/mol. The monoisotopic (exact) mass is 274 g/mol. The number of hydrogen-bond donors (Lipinski definition) is 1. The molecule has 1 aliphatic rings. The number of hydrogen-bond acceptors (Lipinski definition) is 2. The van der Waals surface area contributed by atoms with Gasteiger partial charge in [-0.05, 0) is 12.1 Å². The first-order valence-electron chi connectivity index (χ1n) is 6.97. The Hall–Kier alpha value is -1.88. The van der Waals surface area contributed by atoms with Gasteiger partial charge in [-0.25, -0.2) is 9.98 Å². The normalized spacial score (nSPS) is 17.6. The zero-order valence-corrected chi connectivity index (χ0v) is 12.1. The first kappa shape index (κ1) is 14.5. The third kappa shape index (κ3) is 4.06. The maximum atomic E-state index is 5.99. The van der Waals surface area contributed by atoms with E-state index in [9.17, 15) is 0 Å². The van der Waals surface area contributed by atoms with Crippen LogP contribution in [0.3, 0.4) is 0 Å². The molecule has 0 aromatic heterocycles. The van der Waals surface area contributed by atoms with E-state index in [0.29, 0.717) is 25.0 Å². The fourth-order valence-electron chi connectivity index (χ4n) is 1.79. The van der Waals surface area contributed by atoms with E-state index in [4.69, 9.17) is 10.5 Å². The lowest BCUT2D eigenvalue weighted by atomic mass is 10.2. The van der Waals surface area contributed by atoms with Crippen molar-refractivity contribution in [2.75, 3.05) is 26.3 Å². The van der Waals surface area contributed by atoms with Crippen molar-refractivity contribution in [3.63, 3.8) is 0 Å². The third-order valence-corrected chi connectivity index (χ3v) is 3.10. The summed E-state index contributed by atoms with van der Waals surface area (Å²) in [4.78, 5) is 11.3. The molecule has 0 aliphatic carbocycles. The number of aliphatic imine (C=N–C) groups is 2. The highest BCUT2D eigenvalue weighted by Gasteiger charge is 2.16. The van der Waals surface area contributed by atoms with Crippen LogP contribution in [0.15, 0.2) is 40.3 Å². The second-order valence-electron chi connectivity index (χ2n) is 5.04. The number of benzene rings is 1. The summed E-state index contributed by atoms with van der Waals surface area (Å²) in [6.45, 7) is 7.04. The third-order valence-electron chi connectivity index (χ3n) is 3.10. The SMILES string of the molecule is CC(C)/C(N)=N\C(=Nc1ccccc1)N1CCOCC1. The molecule has 20 heavy (non-hydrogen) atoms. The van der Waals surface area contributed by atoms with E-state index in [0.717, 1.165) is 18.8 Å². The van der Waals surface area contributed by atoms with Crippen LogP contribution in [0.2, 0.25) is 0 Å². The Bertz CT molecular complexity index is 476.